The largest absolute Gasteiger partial charge is 0.481 e. The number of carboxylic acid groups (broad SMARTS) is 1. The Morgan fingerprint density at radius 2 is 2.05 bits per heavy atom. The molecule has 0 aliphatic carbocycles. The lowest BCUT2D eigenvalue weighted by molar-refractivity contribution is -0.142. The van der Waals surface area contributed by atoms with Crippen LogP contribution in [0.5, 0.6) is 0 Å². The zero-order valence-electron chi connectivity index (χ0n) is 11.7. The van der Waals surface area contributed by atoms with E-state index in [9.17, 15) is 9.59 Å². The van der Waals surface area contributed by atoms with Gasteiger partial charge in [-0.25, -0.2) is 0 Å². The van der Waals surface area contributed by atoms with Gasteiger partial charge in [-0.05, 0) is 18.1 Å². The Bertz CT molecular complexity index is 514. The van der Waals surface area contributed by atoms with Crippen LogP contribution in [-0.4, -0.2) is 48.2 Å². The number of carbonyl (C=O) groups is 2. The Morgan fingerprint density at radius 1 is 1.35 bits per heavy atom. The molecule has 0 aromatic heterocycles. The fourth-order valence-corrected chi connectivity index (χ4v) is 2.54. The lowest BCUT2D eigenvalue weighted by atomic mass is 10.00. The SMILES string of the molecule is CCc1ccccc1C(=O)N(C)C1COCC1C(=O)O. The van der Waals surface area contributed by atoms with E-state index < -0.39 is 17.9 Å². The maximum absolute atomic E-state index is 12.6. The van der Waals surface area contributed by atoms with Crippen LogP contribution >= 0.6 is 0 Å². The summed E-state index contributed by atoms with van der Waals surface area (Å²) in [5.41, 5.74) is 1.60. The van der Waals surface area contributed by atoms with Crippen LogP contribution in [0.4, 0.5) is 0 Å². The minimum atomic E-state index is -0.920. The van der Waals surface area contributed by atoms with Crippen molar-refractivity contribution in [2.45, 2.75) is 19.4 Å². The second-order valence-corrected chi connectivity index (χ2v) is 4.98. The van der Waals surface area contributed by atoms with Crippen molar-refractivity contribution in [1.82, 2.24) is 4.90 Å². The predicted molar refractivity (Wildman–Crippen MR) is 73.6 cm³/mol. The summed E-state index contributed by atoms with van der Waals surface area (Å²) >= 11 is 0. The van der Waals surface area contributed by atoms with Gasteiger partial charge < -0.3 is 14.7 Å². The monoisotopic (exact) mass is 277 g/mol. The van der Waals surface area contributed by atoms with Crippen molar-refractivity contribution in [3.63, 3.8) is 0 Å². The van der Waals surface area contributed by atoms with Gasteiger partial charge in [-0.1, -0.05) is 25.1 Å². The molecule has 1 aromatic carbocycles. The molecule has 0 bridgehead atoms. The van der Waals surface area contributed by atoms with Crippen LogP contribution in [0.2, 0.25) is 0 Å². The number of carbonyl (C=O) groups excluding carboxylic acids is 1. The van der Waals surface area contributed by atoms with Gasteiger partial charge in [-0.3, -0.25) is 9.59 Å². The van der Waals surface area contributed by atoms with Gasteiger partial charge in [0.1, 0.15) is 5.92 Å². The molecule has 2 atom stereocenters. The molecular weight excluding hydrogens is 258 g/mol. The van der Waals surface area contributed by atoms with Gasteiger partial charge in [0.15, 0.2) is 0 Å². The molecule has 1 heterocycles. The van der Waals surface area contributed by atoms with E-state index in [4.69, 9.17) is 9.84 Å². The molecule has 2 unspecified atom stereocenters. The summed E-state index contributed by atoms with van der Waals surface area (Å²) in [4.78, 5) is 25.2. The lowest BCUT2D eigenvalue weighted by Crippen LogP contribution is -2.44. The van der Waals surface area contributed by atoms with E-state index in [1.54, 1.807) is 13.1 Å². The second-order valence-electron chi connectivity index (χ2n) is 4.98. The lowest BCUT2D eigenvalue weighted by Gasteiger charge is -2.27. The molecule has 20 heavy (non-hydrogen) atoms. The molecule has 1 aliphatic rings. The summed E-state index contributed by atoms with van der Waals surface area (Å²) < 4.78 is 5.22. The van der Waals surface area contributed by atoms with E-state index >= 15 is 0 Å². The van der Waals surface area contributed by atoms with Crippen LogP contribution in [-0.2, 0) is 16.0 Å². The number of hydrogen-bond acceptors (Lipinski definition) is 3. The average Bonchev–Trinajstić information content (AvgIpc) is 2.95. The summed E-state index contributed by atoms with van der Waals surface area (Å²) in [6.45, 7) is 2.42. The van der Waals surface area contributed by atoms with E-state index in [-0.39, 0.29) is 19.1 Å². The third kappa shape index (κ3) is 2.67. The fraction of sp³-hybridized carbons (Fsp3) is 0.467. The molecule has 108 valence electrons. The van der Waals surface area contributed by atoms with Crippen LogP contribution in [0.25, 0.3) is 0 Å². The fourth-order valence-electron chi connectivity index (χ4n) is 2.54. The number of carboxylic acids is 1. The van der Waals surface area contributed by atoms with Gasteiger partial charge in [-0.15, -0.1) is 0 Å². The topological polar surface area (TPSA) is 66.8 Å². The molecule has 1 aliphatic heterocycles. The van der Waals surface area contributed by atoms with E-state index in [0.29, 0.717) is 5.56 Å². The van der Waals surface area contributed by atoms with Crippen LogP contribution in [0.3, 0.4) is 0 Å². The molecule has 5 heteroatoms. The first-order chi connectivity index (χ1) is 9.56. The van der Waals surface area contributed by atoms with Gasteiger partial charge in [0.05, 0.1) is 19.3 Å². The first-order valence-corrected chi connectivity index (χ1v) is 6.71. The Labute approximate surface area is 118 Å². The Balaban J connectivity index is 2.22. The van der Waals surface area contributed by atoms with Gasteiger partial charge in [-0.2, -0.15) is 0 Å². The van der Waals surface area contributed by atoms with Crippen molar-refractivity contribution in [2.75, 3.05) is 20.3 Å². The molecule has 1 N–H and O–H groups in total. The number of benzene rings is 1. The van der Waals surface area contributed by atoms with Crippen molar-refractivity contribution in [3.05, 3.63) is 35.4 Å². The van der Waals surface area contributed by atoms with Crippen LogP contribution < -0.4 is 0 Å². The maximum Gasteiger partial charge on any atom is 0.311 e. The summed E-state index contributed by atoms with van der Waals surface area (Å²) in [5, 5.41) is 9.17. The predicted octanol–water partition coefficient (Wildman–Crippen LogP) is 1.42. The summed E-state index contributed by atoms with van der Waals surface area (Å²) in [7, 11) is 1.64. The zero-order valence-corrected chi connectivity index (χ0v) is 11.7. The smallest absolute Gasteiger partial charge is 0.311 e. The highest BCUT2D eigenvalue weighted by atomic mass is 16.5. The van der Waals surface area contributed by atoms with Crippen molar-refractivity contribution < 1.29 is 19.4 Å². The normalized spacial score (nSPS) is 21.7. The van der Waals surface area contributed by atoms with E-state index in [1.807, 2.05) is 25.1 Å². The van der Waals surface area contributed by atoms with Gasteiger partial charge >= 0.3 is 5.97 Å². The molecule has 5 nitrogen and oxygen atoms in total. The average molecular weight is 277 g/mol. The summed E-state index contributed by atoms with van der Waals surface area (Å²) in [6, 6.07) is 7.00. The minimum absolute atomic E-state index is 0.149. The van der Waals surface area contributed by atoms with Gasteiger partial charge in [0, 0.05) is 12.6 Å². The third-order valence-corrected chi connectivity index (χ3v) is 3.81. The molecule has 0 spiro atoms. The molecule has 1 aromatic rings. The summed E-state index contributed by atoms with van der Waals surface area (Å²) in [6.07, 6.45) is 0.763. The van der Waals surface area contributed by atoms with Gasteiger partial charge in [0.25, 0.3) is 5.91 Å². The molecule has 0 saturated carbocycles. The highest BCUT2D eigenvalue weighted by molar-refractivity contribution is 5.96. The zero-order chi connectivity index (χ0) is 14.7. The highest BCUT2D eigenvalue weighted by Crippen LogP contribution is 2.22. The van der Waals surface area contributed by atoms with Crippen LogP contribution in [0.1, 0.15) is 22.8 Å². The first kappa shape index (κ1) is 14.5. The number of amides is 1. The number of ether oxygens (including phenoxy) is 1. The molecule has 1 amide bonds. The van der Waals surface area contributed by atoms with Crippen molar-refractivity contribution >= 4 is 11.9 Å². The van der Waals surface area contributed by atoms with Crippen LogP contribution in [0.15, 0.2) is 24.3 Å². The molecule has 0 radical (unpaired) electrons. The molecular formula is C15H19NO4. The Kier molecular flexibility index (Phi) is 4.39. The van der Waals surface area contributed by atoms with Crippen molar-refractivity contribution in [3.8, 4) is 0 Å². The number of nitrogens with zero attached hydrogens (tertiary/aromatic N) is 1. The highest BCUT2D eigenvalue weighted by Gasteiger charge is 2.38. The maximum atomic E-state index is 12.6. The number of likely N-dealkylation sites (N-methyl/N-ethyl adjacent to an activating group) is 1. The minimum Gasteiger partial charge on any atom is -0.481 e. The Hall–Kier alpha value is -1.88. The number of rotatable bonds is 4. The standard InChI is InChI=1S/C15H19NO4/c1-3-10-6-4-5-7-11(10)14(17)16(2)13-9-20-8-12(13)15(18)19/h4-7,12-13H,3,8-9H2,1-2H3,(H,18,19). The van der Waals surface area contributed by atoms with Gasteiger partial charge in [0.2, 0.25) is 0 Å². The number of hydrogen-bond donors (Lipinski definition) is 1. The van der Waals surface area contributed by atoms with E-state index in [1.165, 1.54) is 4.90 Å². The first-order valence-electron chi connectivity index (χ1n) is 6.71. The van der Waals surface area contributed by atoms with E-state index in [2.05, 4.69) is 0 Å². The molecule has 1 fully saturated rings. The van der Waals surface area contributed by atoms with Crippen molar-refractivity contribution in [1.29, 1.82) is 0 Å². The molecule has 2 rings (SSSR count). The van der Waals surface area contributed by atoms with Crippen LogP contribution in [0, 0.1) is 5.92 Å². The number of aryl methyl sites for hydroxylation is 1. The quantitative estimate of drug-likeness (QED) is 0.904. The molecule has 1 saturated heterocycles. The van der Waals surface area contributed by atoms with E-state index in [0.717, 1.165) is 12.0 Å². The second kappa shape index (κ2) is 6.05. The third-order valence-electron chi connectivity index (χ3n) is 3.81. The van der Waals surface area contributed by atoms with Crippen molar-refractivity contribution in [2.24, 2.45) is 5.92 Å². The number of aliphatic carboxylic acids is 1. The Morgan fingerprint density at radius 3 is 2.70 bits per heavy atom. The summed E-state index contributed by atoms with van der Waals surface area (Å²) in [5.74, 6) is -1.72.